The maximum Gasteiger partial charge on any atom is 0.257 e. The lowest BCUT2D eigenvalue weighted by Gasteiger charge is -2.10. The number of nitrogens with zero attached hydrogens (tertiary/aromatic N) is 2. The highest BCUT2D eigenvalue weighted by molar-refractivity contribution is 5.77. The lowest BCUT2D eigenvalue weighted by atomic mass is 10.1. The van der Waals surface area contributed by atoms with Crippen molar-refractivity contribution < 1.29 is 4.74 Å². The normalized spacial score (nSPS) is 10.5. The molecule has 0 radical (unpaired) electrons. The van der Waals surface area contributed by atoms with Crippen molar-refractivity contribution in [2.24, 2.45) is 0 Å². The maximum absolute atomic E-state index is 5.32. The minimum Gasteiger partial charge on any atom is -0.478 e. The van der Waals surface area contributed by atoms with Gasteiger partial charge in [0.05, 0.1) is 18.1 Å². The standard InChI is InChI=1S/C17H17N3O/c1-21-17-16(18-12-11-13-7-3-2-4-8-13)19-14-9-5-6-10-15(14)20-17/h2-10H,11-12H2,1H3,(H,18,19). The second-order valence-electron chi connectivity index (χ2n) is 4.73. The molecule has 3 aromatic rings. The molecule has 0 saturated carbocycles. The van der Waals surface area contributed by atoms with E-state index in [9.17, 15) is 0 Å². The van der Waals surface area contributed by atoms with Crippen LogP contribution in [-0.2, 0) is 6.42 Å². The molecule has 1 N–H and O–H groups in total. The van der Waals surface area contributed by atoms with Crippen LogP contribution in [0.25, 0.3) is 11.0 Å². The molecule has 1 aromatic heterocycles. The Labute approximate surface area is 123 Å². The smallest absolute Gasteiger partial charge is 0.257 e. The molecule has 3 rings (SSSR count). The summed E-state index contributed by atoms with van der Waals surface area (Å²) in [6.45, 7) is 0.785. The minimum atomic E-state index is 0.529. The highest BCUT2D eigenvalue weighted by Crippen LogP contribution is 2.22. The first-order chi connectivity index (χ1) is 10.4. The van der Waals surface area contributed by atoms with Crippen LogP contribution >= 0.6 is 0 Å². The van der Waals surface area contributed by atoms with E-state index < -0.39 is 0 Å². The summed E-state index contributed by atoms with van der Waals surface area (Å²) in [5.74, 6) is 1.22. The van der Waals surface area contributed by atoms with Crippen molar-refractivity contribution in [3.63, 3.8) is 0 Å². The first kappa shape index (κ1) is 13.4. The molecule has 0 aliphatic heterocycles. The van der Waals surface area contributed by atoms with E-state index in [4.69, 9.17) is 4.74 Å². The van der Waals surface area contributed by atoms with Crippen LogP contribution in [0.15, 0.2) is 54.6 Å². The first-order valence-electron chi connectivity index (χ1n) is 6.95. The average molecular weight is 279 g/mol. The fourth-order valence-electron chi connectivity index (χ4n) is 2.21. The van der Waals surface area contributed by atoms with Crippen LogP contribution in [0, 0.1) is 0 Å². The van der Waals surface area contributed by atoms with Crippen molar-refractivity contribution in [1.82, 2.24) is 9.97 Å². The van der Waals surface area contributed by atoms with E-state index in [1.54, 1.807) is 7.11 Å². The summed E-state index contributed by atoms with van der Waals surface area (Å²) < 4.78 is 5.32. The number of hydrogen-bond acceptors (Lipinski definition) is 4. The second-order valence-corrected chi connectivity index (χ2v) is 4.73. The summed E-state index contributed by atoms with van der Waals surface area (Å²) in [5.41, 5.74) is 2.99. The summed E-state index contributed by atoms with van der Waals surface area (Å²) >= 11 is 0. The molecule has 106 valence electrons. The zero-order valence-corrected chi connectivity index (χ0v) is 11.9. The minimum absolute atomic E-state index is 0.529. The monoisotopic (exact) mass is 279 g/mol. The predicted octanol–water partition coefficient (Wildman–Crippen LogP) is 3.29. The molecule has 0 unspecified atom stereocenters. The summed E-state index contributed by atoms with van der Waals surface area (Å²) in [6.07, 6.45) is 0.929. The van der Waals surface area contributed by atoms with Crippen LogP contribution in [0.1, 0.15) is 5.56 Å². The number of aromatic nitrogens is 2. The van der Waals surface area contributed by atoms with Gasteiger partial charge in [-0.05, 0) is 24.1 Å². The van der Waals surface area contributed by atoms with Gasteiger partial charge in [-0.1, -0.05) is 42.5 Å². The molecule has 0 fully saturated rings. The third-order valence-electron chi connectivity index (χ3n) is 3.28. The van der Waals surface area contributed by atoms with Gasteiger partial charge in [0.15, 0.2) is 5.82 Å². The van der Waals surface area contributed by atoms with Crippen molar-refractivity contribution in [2.45, 2.75) is 6.42 Å². The van der Waals surface area contributed by atoms with E-state index in [-0.39, 0.29) is 0 Å². The third kappa shape index (κ3) is 3.11. The van der Waals surface area contributed by atoms with Crippen molar-refractivity contribution in [3.8, 4) is 5.88 Å². The van der Waals surface area contributed by atoms with Crippen molar-refractivity contribution in [3.05, 3.63) is 60.2 Å². The topological polar surface area (TPSA) is 47.0 Å². The molecule has 0 aliphatic rings. The molecule has 4 nitrogen and oxygen atoms in total. The lowest BCUT2D eigenvalue weighted by molar-refractivity contribution is 0.400. The van der Waals surface area contributed by atoms with E-state index >= 15 is 0 Å². The van der Waals surface area contributed by atoms with Crippen molar-refractivity contribution >= 4 is 16.9 Å². The van der Waals surface area contributed by atoms with Crippen molar-refractivity contribution in [2.75, 3.05) is 19.0 Å². The fourth-order valence-corrected chi connectivity index (χ4v) is 2.21. The molecule has 0 spiro atoms. The Morgan fingerprint density at radius 3 is 2.29 bits per heavy atom. The fraction of sp³-hybridized carbons (Fsp3) is 0.176. The number of benzene rings is 2. The average Bonchev–Trinajstić information content (AvgIpc) is 2.55. The number of fused-ring (bicyclic) bond motifs is 1. The van der Waals surface area contributed by atoms with Crippen LogP contribution < -0.4 is 10.1 Å². The number of hydrogen-bond donors (Lipinski definition) is 1. The summed E-state index contributed by atoms with van der Waals surface area (Å²) in [6, 6.07) is 18.1. The molecule has 0 aliphatic carbocycles. The summed E-state index contributed by atoms with van der Waals surface area (Å²) in [4.78, 5) is 9.05. The predicted molar refractivity (Wildman–Crippen MR) is 84.7 cm³/mol. The number of para-hydroxylation sites is 2. The summed E-state index contributed by atoms with van der Waals surface area (Å²) in [7, 11) is 1.61. The van der Waals surface area contributed by atoms with Gasteiger partial charge in [0.2, 0.25) is 0 Å². The van der Waals surface area contributed by atoms with Gasteiger partial charge in [0.25, 0.3) is 5.88 Å². The van der Waals surface area contributed by atoms with Crippen LogP contribution in [-0.4, -0.2) is 23.6 Å². The Balaban J connectivity index is 1.76. The van der Waals surface area contributed by atoms with Gasteiger partial charge in [-0.25, -0.2) is 9.97 Å². The molecule has 2 aromatic carbocycles. The largest absolute Gasteiger partial charge is 0.478 e. The van der Waals surface area contributed by atoms with Crippen molar-refractivity contribution in [1.29, 1.82) is 0 Å². The zero-order chi connectivity index (χ0) is 14.5. The Morgan fingerprint density at radius 2 is 1.57 bits per heavy atom. The molecule has 0 bridgehead atoms. The van der Waals surface area contributed by atoms with Gasteiger partial charge >= 0.3 is 0 Å². The number of rotatable bonds is 5. The van der Waals surface area contributed by atoms with E-state index in [0.717, 1.165) is 24.0 Å². The number of anilines is 1. The van der Waals surface area contributed by atoms with E-state index in [1.165, 1.54) is 5.56 Å². The van der Waals surface area contributed by atoms with Crippen LogP contribution in [0.5, 0.6) is 5.88 Å². The molecule has 21 heavy (non-hydrogen) atoms. The molecular weight excluding hydrogens is 262 g/mol. The zero-order valence-electron chi connectivity index (χ0n) is 11.9. The number of methoxy groups -OCH3 is 1. The van der Waals surface area contributed by atoms with Gasteiger partial charge in [-0.2, -0.15) is 0 Å². The molecule has 0 saturated heterocycles. The third-order valence-corrected chi connectivity index (χ3v) is 3.28. The van der Waals surface area contributed by atoms with Gasteiger partial charge in [0, 0.05) is 6.54 Å². The quantitative estimate of drug-likeness (QED) is 0.778. The van der Waals surface area contributed by atoms with Crippen LogP contribution in [0.3, 0.4) is 0 Å². The van der Waals surface area contributed by atoms with Gasteiger partial charge in [-0.3, -0.25) is 0 Å². The van der Waals surface area contributed by atoms with E-state index in [1.807, 2.05) is 42.5 Å². The second kappa shape index (κ2) is 6.22. The first-order valence-corrected chi connectivity index (χ1v) is 6.95. The molecule has 0 amide bonds. The number of ether oxygens (including phenoxy) is 1. The van der Waals surface area contributed by atoms with E-state index in [0.29, 0.717) is 11.7 Å². The molecule has 4 heteroatoms. The highest BCUT2D eigenvalue weighted by atomic mass is 16.5. The Bertz CT molecular complexity index is 728. The van der Waals surface area contributed by atoms with E-state index in [2.05, 4.69) is 27.4 Å². The summed E-state index contributed by atoms with van der Waals surface area (Å²) in [5, 5.41) is 3.31. The molecular formula is C17H17N3O. The maximum atomic E-state index is 5.32. The van der Waals surface area contributed by atoms with Gasteiger partial charge in [0.1, 0.15) is 0 Å². The Kier molecular flexibility index (Phi) is 3.96. The van der Waals surface area contributed by atoms with Crippen LogP contribution in [0.2, 0.25) is 0 Å². The van der Waals surface area contributed by atoms with Gasteiger partial charge < -0.3 is 10.1 Å². The molecule has 1 heterocycles. The number of nitrogens with one attached hydrogen (secondary N) is 1. The highest BCUT2D eigenvalue weighted by Gasteiger charge is 2.08. The molecule has 0 atom stereocenters. The van der Waals surface area contributed by atoms with Gasteiger partial charge in [-0.15, -0.1) is 0 Å². The Hall–Kier alpha value is -2.62. The SMILES string of the molecule is COc1nc2ccccc2nc1NCCc1ccccc1. The lowest BCUT2D eigenvalue weighted by Crippen LogP contribution is -2.08. The van der Waals surface area contributed by atoms with Crippen LogP contribution in [0.4, 0.5) is 5.82 Å². The Morgan fingerprint density at radius 1 is 0.905 bits per heavy atom.